The zero-order chi connectivity index (χ0) is 15.2. The quantitative estimate of drug-likeness (QED) is 0.916. The van der Waals surface area contributed by atoms with Crippen molar-refractivity contribution < 1.29 is 13.9 Å². The van der Waals surface area contributed by atoms with Crippen molar-refractivity contribution in [1.29, 1.82) is 0 Å². The molecule has 0 aromatic heterocycles. The number of ether oxygens (including phenoxy) is 1. The highest BCUT2D eigenvalue weighted by Crippen LogP contribution is 2.24. The second-order valence-electron chi connectivity index (χ2n) is 4.84. The van der Waals surface area contributed by atoms with Crippen molar-refractivity contribution in [2.45, 2.75) is 19.4 Å². The summed E-state index contributed by atoms with van der Waals surface area (Å²) in [4.78, 5) is 12.0. The molecule has 2 aromatic carbocycles. The molecular weight excluding hydrogens is 269 g/mol. The molecule has 2 rings (SSSR count). The highest BCUT2D eigenvalue weighted by atomic mass is 19.1. The first-order valence-electron chi connectivity index (χ1n) is 6.77. The van der Waals surface area contributed by atoms with Crippen molar-refractivity contribution >= 4 is 5.91 Å². The van der Waals surface area contributed by atoms with E-state index in [1.807, 2.05) is 31.2 Å². The average molecular weight is 287 g/mol. The molecule has 21 heavy (non-hydrogen) atoms. The van der Waals surface area contributed by atoms with Crippen LogP contribution in [0.2, 0.25) is 0 Å². The Morgan fingerprint density at radius 3 is 2.71 bits per heavy atom. The van der Waals surface area contributed by atoms with Gasteiger partial charge in [0, 0.05) is 5.56 Å². The number of benzene rings is 2. The summed E-state index contributed by atoms with van der Waals surface area (Å²) < 4.78 is 18.4. The summed E-state index contributed by atoms with van der Waals surface area (Å²) in [6.45, 7) is 1.89. The van der Waals surface area contributed by atoms with Gasteiger partial charge in [0.2, 0.25) is 5.91 Å². The smallest absolute Gasteiger partial charge is 0.224 e. The van der Waals surface area contributed by atoms with Crippen molar-refractivity contribution in [1.82, 2.24) is 5.32 Å². The van der Waals surface area contributed by atoms with Gasteiger partial charge in [0.25, 0.3) is 0 Å². The maximum absolute atomic E-state index is 13.1. The molecule has 4 heteroatoms. The fourth-order valence-corrected chi connectivity index (χ4v) is 2.23. The predicted molar refractivity (Wildman–Crippen MR) is 79.7 cm³/mol. The first-order chi connectivity index (χ1) is 10.1. The van der Waals surface area contributed by atoms with E-state index in [9.17, 15) is 9.18 Å². The number of rotatable bonds is 5. The van der Waals surface area contributed by atoms with Crippen molar-refractivity contribution in [2.75, 3.05) is 7.11 Å². The van der Waals surface area contributed by atoms with Crippen LogP contribution < -0.4 is 10.1 Å². The molecule has 110 valence electrons. The zero-order valence-corrected chi connectivity index (χ0v) is 12.1. The van der Waals surface area contributed by atoms with Crippen LogP contribution in [0, 0.1) is 5.82 Å². The Morgan fingerprint density at radius 2 is 2.00 bits per heavy atom. The molecule has 1 N–H and O–H groups in total. The third kappa shape index (κ3) is 4.05. The molecule has 0 saturated heterocycles. The maximum atomic E-state index is 13.1. The van der Waals surface area contributed by atoms with E-state index in [0.717, 1.165) is 11.3 Å². The summed E-state index contributed by atoms with van der Waals surface area (Å²) in [5.74, 6) is 0.244. The fraction of sp³-hybridized carbons (Fsp3) is 0.235. The Bertz CT molecular complexity index is 628. The third-order valence-electron chi connectivity index (χ3n) is 3.24. The summed E-state index contributed by atoms with van der Waals surface area (Å²) in [6, 6.07) is 13.4. The van der Waals surface area contributed by atoms with Gasteiger partial charge in [-0.1, -0.05) is 30.3 Å². The van der Waals surface area contributed by atoms with Gasteiger partial charge < -0.3 is 10.1 Å². The van der Waals surface area contributed by atoms with Crippen molar-refractivity contribution in [3.05, 3.63) is 65.5 Å². The van der Waals surface area contributed by atoms with E-state index < -0.39 is 0 Å². The van der Waals surface area contributed by atoms with Gasteiger partial charge in [-0.25, -0.2) is 4.39 Å². The highest BCUT2D eigenvalue weighted by Gasteiger charge is 2.13. The zero-order valence-electron chi connectivity index (χ0n) is 12.1. The van der Waals surface area contributed by atoms with E-state index in [1.54, 1.807) is 19.2 Å². The number of carbonyl (C=O) groups is 1. The number of amides is 1. The van der Waals surface area contributed by atoms with Crippen molar-refractivity contribution in [3.8, 4) is 5.75 Å². The van der Waals surface area contributed by atoms with Crippen molar-refractivity contribution in [3.63, 3.8) is 0 Å². The minimum atomic E-state index is -0.335. The van der Waals surface area contributed by atoms with E-state index in [-0.39, 0.29) is 24.2 Å². The number of methoxy groups -OCH3 is 1. The van der Waals surface area contributed by atoms with Crippen LogP contribution in [0.1, 0.15) is 24.1 Å². The van der Waals surface area contributed by atoms with Crippen LogP contribution in [-0.2, 0) is 11.2 Å². The van der Waals surface area contributed by atoms with Gasteiger partial charge in [-0.15, -0.1) is 0 Å². The van der Waals surface area contributed by atoms with Crippen LogP contribution in [0.5, 0.6) is 5.75 Å². The number of hydrogen-bond donors (Lipinski definition) is 1. The molecule has 0 unspecified atom stereocenters. The molecule has 0 spiro atoms. The second-order valence-corrected chi connectivity index (χ2v) is 4.84. The van der Waals surface area contributed by atoms with E-state index in [4.69, 9.17) is 4.74 Å². The fourth-order valence-electron chi connectivity index (χ4n) is 2.23. The van der Waals surface area contributed by atoms with Crippen LogP contribution in [0.3, 0.4) is 0 Å². The Hall–Kier alpha value is -2.36. The predicted octanol–water partition coefficient (Wildman–Crippen LogP) is 3.25. The summed E-state index contributed by atoms with van der Waals surface area (Å²) >= 11 is 0. The number of nitrogens with one attached hydrogen (secondary N) is 1. The topological polar surface area (TPSA) is 38.3 Å². The van der Waals surface area contributed by atoms with Crippen LogP contribution in [0.25, 0.3) is 0 Å². The lowest BCUT2D eigenvalue weighted by atomic mass is 10.1. The molecule has 0 fully saturated rings. The first kappa shape index (κ1) is 15.0. The van der Waals surface area contributed by atoms with E-state index in [1.165, 1.54) is 12.1 Å². The normalized spacial score (nSPS) is 11.8. The minimum absolute atomic E-state index is 0.150. The number of para-hydroxylation sites is 1. The lowest BCUT2D eigenvalue weighted by molar-refractivity contribution is -0.121. The van der Waals surface area contributed by atoms with Gasteiger partial charge in [-0.3, -0.25) is 4.79 Å². The molecule has 0 aliphatic rings. The largest absolute Gasteiger partial charge is 0.496 e. The minimum Gasteiger partial charge on any atom is -0.496 e. The Kier molecular flexibility index (Phi) is 4.93. The monoisotopic (exact) mass is 287 g/mol. The Labute approximate surface area is 123 Å². The Balaban J connectivity index is 2.02. The van der Waals surface area contributed by atoms with Crippen LogP contribution in [0.4, 0.5) is 4.39 Å². The van der Waals surface area contributed by atoms with Crippen LogP contribution in [-0.4, -0.2) is 13.0 Å². The standard InChI is InChI=1S/C17H18FNO2/c1-12(15-8-3-4-9-16(15)21-2)19-17(20)11-13-6-5-7-14(18)10-13/h3-10,12H,11H2,1-2H3,(H,19,20)/t12-/m0/s1. The molecule has 1 atom stereocenters. The summed E-state index contributed by atoms with van der Waals surface area (Å²) in [5.41, 5.74) is 1.56. The number of hydrogen-bond acceptors (Lipinski definition) is 2. The molecule has 0 bridgehead atoms. The maximum Gasteiger partial charge on any atom is 0.224 e. The molecule has 0 aliphatic heterocycles. The van der Waals surface area contributed by atoms with Crippen LogP contribution >= 0.6 is 0 Å². The van der Waals surface area contributed by atoms with Gasteiger partial charge in [0.05, 0.1) is 19.6 Å². The summed E-state index contributed by atoms with van der Waals surface area (Å²) in [5, 5.41) is 2.90. The lowest BCUT2D eigenvalue weighted by Gasteiger charge is -2.17. The van der Waals surface area contributed by atoms with Gasteiger partial charge in [0.1, 0.15) is 11.6 Å². The molecule has 0 aliphatic carbocycles. The Morgan fingerprint density at radius 1 is 1.24 bits per heavy atom. The van der Waals surface area contributed by atoms with Gasteiger partial charge in [-0.2, -0.15) is 0 Å². The molecule has 0 saturated carbocycles. The lowest BCUT2D eigenvalue weighted by Crippen LogP contribution is -2.28. The molecular formula is C17H18FNO2. The van der Waals surface area contributed by atoms with Crippen LogP contribution in [0.15, 0.2) is 48.5 Å². The molecule has 2 aromatic rings. The molecule has 0 heterocycles. The number of carbonyl (C=O) groups excluding carboxylic acids is 1. The SMILES string of the molecule is COc1ccccc1[C@H](C)NC(=O)Cc1cccc(F)c1. The van der Waals surface area contributed by atoms with Crippen molar-refractivity contribution in [2.24, 2.45) is 0 Å². The highest BCUT2D eigenvalue weighted by molar-refractivity contribution is 5.79. The second kappa shape index (κ2) is 6.88. The van der Waals surface area contributed by atoms with Gasteiger partial charge in [-0.05, 0) is 30.7 Å². The van der Waals surface area contributed by atoms with E-state index in [0.29, 0.717) is 5.56 Å². The summed E-state index contributed by atoms with van der Waals surface area (Å²) in [7, 11) is 1.60. The van der Waals surface area contributed by atoms with E-state index in [2.05, 4.69) is 5.32 Å². The molecule has 3 nitrogen and oxygen atoms in total. The summed E-state index contributed by atoms with van der Waals surface area (Å²) in [6.07, 6.45) is 0.150. The van der Waals surface area contributed by atoms with Gasteiger partial charge in [0.15, 0.2) is 0 Å². The van der Waals surface area contributed by atoms with E-state index >= 15 is 0 Å². The molecule has 0 radical (unpaired) electrons. The first-order valence-corrected chi connectivity index (χ1v) is 6.77. The van der Waals surface area contributed by atoms with Gasteiger partial charge >= 0.3 is 0 Å². The average Bonchev–Trinajstić information content (AvgIpc) is 2.47. The molecule has 1 amide bonds. The third-order valence-corrected chi connectivity index (χ3v) is 3.24. The number of halogens is 1.